The van der Waals surface area contributed by atoms with E-state index in [0.717, 1.165) is 0 Å². The average Bonchev–Trinajstić information content (AvgIpc) is 2.47. The monoisotopic (exact) mass is 304 g/mol. The lowest BCUT2D eigenvalue weighted by atomic mass is 10.1. The minimum Gasteiger partial charge on any atom is -0.507 e. The van der Waals surface area contributed by atoms with Crippen LogP contribution in [0.15, 0.2) is 47.6 Å². The molecule has 0 bridgehead atoms. The summed E-state index contributed by atoms with van der Waals surface area (Å²) < 4.78 is 0. The topological polar surface area (TPSA) is 81.9 Å². The van der Waals surface area contributed by atoms with Gasteiger partial charge in [0.25, 0.3) is 5.91 Å². The molecule has 21 heavy (non-hydrogen) atoms. The number of hydrogen-bond acceptors (Lipinski definition) is 4. The van der Waals surface area contributed by atoms with Crippen LogP contribution in [0.2, 0.25) is 5.02 Å². The molecule has 0 radical (unpaired) electrons. The first kappa shape index (κ1) is 14.9. The number of halogens is 1. The highest BCUT2D eigenvalue weighted by Gasteiger charge is 2.11. The number of carbonyl (C=O) groups excluding carboxylic acids is 1. The van der Waals surface area contributed by atoms with Gasteiger partial charge in [-0.25, -0.2) is 5.43 Å². The molecule has 0 aliphatic carbocycles. The van der Waals surface area contributed by atoms with Gasteiger partial charge in [0.15, 0.2) is 0 Å². The van der Waals surface area contributed by atoms with E-state index in [1.165, 1.54) is 12.1 Å². The van der Waals surface area contributed by atoms with Crippen molar-refractivity contribution in [3.05, 3.63) is 58.6 Å². The molecule has 0 fully saturated rings. The number of nitrogens with zero attached hydrogens (tertiary/aromatic N) is 1. The molecule has 0 saturated heterocycles. The van der Waals surface area contributed by atoms with Gasteiger partial charge in [-0.05, 0) is 31.2 Å². The second-order valence-corrected chi connectivity index (χ2v) is 4.70. The number of benzene rings is 2. The molecule has 0 unspecified atom stereocenters. The van der Waals surface area contributed by atoms with Gasteiger partial charge in [0, 0.05) is 5.56 Å². The van der Waals surface area contributed by atoms with Crippen LogP contribution in [0.1, 0.15) is 22.8 Å². The summed E-state index contributed by atoms with van der Waals surface area (Å²) in [5.74, 6) is -0.778. The molecule has 0 saturated carbocycles. The number of hydrazone groups is 1. The Hall–Kier alpha value is -2.53. The van der Waals surface area contributed by atoms with Crippen LogP contribution in [0.25, 0.3) is 0 Å². The second kappa shape index (κ2) is 6.28. The van der Waals surface area contributed by atoms with Crippen LogP contribution in [-0.2, 0) is 0 Å². The molecular weight excluding hydrogens is 292 g/mol. The number of phenolic OH excluding ortho intramolecular Hbond substituents is 2. The summed E-state index contributed by atoms with van der Waals surface area (Å²) in [6, 6.07) is 11.0. The van der Waals surface area contributed by atoms with Gasteiger partial charge in [0.05, 0.1) is 16.3 Å². The summed E-state index contributed by atoms with van der Waals surface area (Å²) in [6.45, 7) is 1.62. The fourth-order valence-electron chi connectivity index (χ4n) is 1.73. The summed E-state index contributed by atoms with van der Waals surface area (Å²) in [6.07, 6.45) is 0. The lowest BCUT2D eigenvalue weighted by molar-refractivity contribution is 0.0952. The van der Waals surface area contributed by atoms with Crippen LogP contribution in [0.4, 0.5) is 0 Å². The Kier molecular flexibility index (Phi) is 4.45. The smallest absolute Gasteiger partial charge is 0.275 e. The van der Waals surface area contributed by atoms with Gasteiger partial charge in [-0.2, -0.15) is 5.10 Å². The number of phenols is 2. The average molecular weight is 305 g/mol. The van der Waals surface area contributed by atoms with Crippen LogP contribution >= 0.6 is 11.6 Å². The van der Waals surface area contributed by atoms with E-state index < -0.39 is 5.91 Å². The molecule has 3 N–H and O–H groups in total. The van der Waals surface area contributed by atoms with Gasteiger partial charge in [-0.15, -0.1) is 0 Å². The van der Waals surface area contributed by atoms with Crippen molar-refractivity contribution in [2.75, 3.05) is 0 Å². The normalized spacial score (nSPS) is 11.2. The first-order valence-corrected chi connectivity index (χ1v) is 6.49. The summed E-state index contributed by atoms with van der Waals surface area (Å²) in [4.78, 5) is 11.9. The molecule has 2 aromatic carbocycles. The number of aromatic hydroxyl groups is 2. The Bertz CT molecular complexity index is 714. The Balaban J connectivity index is 2.19. The van der Waals surface area contributed by atoms with Crippen LogP contribution in [0.5, 0.6) is 11.5 Å². The van der Waals surface area contributed by atoms with Gasteiger partial charge in [0.2, 0.25) is 0 Å². The van der Waals surface area contributed by atoms with Gasteiger partial charge in [-0.1, -0.05) is 29.8 Å². The molecule has 0 spiro atoms. The number of hydrogen-bond donors (Lipinski definition) is 3. The predicted octanol–water partition coefficient (Wildman–Crippen LogP) is 2.91. The zero-order chi connectivity index (χ0) is 15.4. The lowest BCUT2D eigenvalue weighted by Gasteiger charge is -2.06. The highest BCUT2D eigenvalue weighted by molar-refractivity contribution is 6.32. The van der Waals surface area contributed by atoms with E-state index in [-0.39, 0.29) is 22.1 Å². The van der Waals surface area contributed by atoms with Gasteiger partial charge >= 0.3 is 0 Å². The fraction of sp³-hybridized carbons (Fsp3) is 0.0667. The fourth-order valence-corrected chi connectivity index (χ4v) is 1.90. The van der Waals surface area contributed by atoms with Gasteiger partial charge in [-0.3, -0.25) is 4.79 Å². The molecule has 0 aliphatic heterocycles. The standard InChI is InChI=1S/C15H13ClN2O3/c1-9(10-6-4-7-12(16)14(10)20)17-18-15(21)11-5-2-3-8-13(11)19/h2-8,19-20H,1H3,(H,18,21). The van der Waals surface area contributed by atoms with E-state index in [9.17, 15) is 15.0 Å². The van der Waals surface area contributed by atoms with Crippen LogP contribution in [0, 0.1) is 0 Å². The van der Waals surface area contributed by atoms with Crippen molar-refractivity contribution in [1.82, 2.24) is 5.43 Å². The van der Waals surface area contributed by atoms with E-state index in [2.05, 4.69) is 10.5 Å². The zero-order valence-electron chi connectivity index (χ0n) is 11.2. The Morgan fingerprint density at radius 2 is 1.76 bits per heavy atom. The van der Waals surface area contributed by atoms with Crippen LogP contribution < -0.4 is 5.43 Å². The Morgan fingerprint density at radius 3 is 2.48 bits per heavy atom. The molecule has 2 aromatic rings. The second-order valence-electron chi connectivity index (χ2n) is 4.29. The van der Waals surface area contributed by atoms with Crippen LogP contribution in [0.3, 0.4) is 0 Å². The molecular formula is C15H13ClN2O3. The quantitative estimate of drug-likeness (QED) is 0.602. The molecule has 5 nitrogen and oxygen atoms in total. The molecule has 108 valence electrons. The minimum atomic E-state index is -0.547. The number of para-hydroxylation sites is 2. The Morgan fingerprint density at radius 1 is 1.10 bits per heavy atom. The summed E-state index contributed by atoms with van der Waals surface area (Å²) in [5.41, 5.74) is 3.24. The van der Waals surface area contributed by atoms with E-state index >= 15 is 0 Å². The molecule has 0 atom stereocenters. The van der Waals surface area contributed by atoms with E-state index in [1.54, 1.807) is 37.3 Å². The van der Waals surface area contributed by atoms with Crippen molar-refractivity contribution in [1.29, 1.82) is 0 Å². The maximum absolute atomic E-state index is 11.9. The van der Waals surface area contributed by atoms with Crippen molar-refractivity contribution in [2.24, 2.45) is 5.10 Å². The summed E-state index contributed by atoms with van der Waals surface area (Å²) in [5, 5.41) is 23.5. The van der Waals surface area contributed by atoms with E-state index in [1.807, 2.05) is 0 Å². The third kappa shape index (κ3) is 3.32. The molecule has 0 aliphatic rings. The highest BCUT2D eigenvalue weighted by atomic mass is 35.5. The largest absolute Gasteiger partial charge is 0.507 e. The van der Waals surface area contributed by atoms with Crippen molar-refractivity contribution in [3.63, 3.8) is 0 Å². The van der Waals surface area contributed by atoms with Crippen molar-refractivity contribution >= 4 is 23.2 Å². The van der Waals surface area contributed by atoms with Crippen molar-refractivity contribution in [2.45, 2.75) is 6.92 Å². The van der Waals surface area contributed by atoms with Gasteiger partial charge < -0.3 is 10.2 Å². The third-order valence-corrected chi connectivity index (χ3v) is 3.16. The molecule has 1 amide bonds. The summed E-state index contributed by atoms with van der Waals surface area (Å²) in [7, 11) is 0. The molecule has 0 heterocycles. The number of carbonyl (C=O) groups is 1. The van der Waals surface area contributed by atoms with Crippen molar-refractivity contribution < 1.29 is 15.0 Å². The summed E-state index contributed by atoms with van der Waals surface area (Å²) >= 11 is 5.81. The molecule has 2 rings (SSSR count). The first-order valence-electron chi connectivity index (χ1n) is 6.11. The van der Waals surface area contributed by atoms with Gasteiger partial charge in [0.1, 0.15) is 11.5 Å². The predicted molar refractivity (Wildman–Crippen MR) is 80.9 cm³/mol. The Labute approximate surface area is 126 Å². The number of rotatable bonds is 3. The third-order valence-electron chi connectivity index (χ3n) is 2.85. The highest BCUT2D eigenvalue weighted by Crippen LogP contribution is 2.27. The number of nitrogens with one attached hydrogen (secondary N) is 1. The zero-order valence-corrected chi connectivity index (χ0v) is 11.9. The van der Waals surface area contributed by atoms with Crippen LogP contribution in [-0.4, -0.2) is 21.8 Å². The number of amides is 1. The first-order chi connectivity index (χ1) is 10.0. The maximum atomic E-state index is 11.9. The van der Waals surface area contributed by atoms with E-state index in [0.29, 0.717) is 11.3 Å². The van der Waals surface area contributed by atoms with Crippen molar-refractivity contribution in [3.8, 4) is 11.5 Å². The minimum absolute atomic E-state index is 0.0998. The molecule has 6 heteroatoms. The maximum Gasteiger partial charge on any atom is 0.275 e. The van der Waals surface area contributed by atoms with E-state index in [4.69, 9.17) is 11.6 Å². The lowest BCUT2D eigenvalue weighted by Crippen LogP contribution is -2.19. The SMILES string of the molecule is CC(=NNC(=O)c1ccccc1O)c1cccc(Cl)c1O. The molecule has 0 aromatic heterocycles.